The molecule has 166 valence electrons. The molecule has 1 aliphatic carbocycles. The number of aryl methyl sites for hydroxylation is 1. The van der Waals surface area contributed by atoms with Crippen molar-refractivity contribution in [3.8, 4) is 5.75 Å². The highest BCUT2D eigenvalue weighted by atomic mass is 32.2. The summed E-state index contributed by atoms with van der Waals surface area (Å²) in [6.07, 6.45) is 6.02. The minimum Gasteiger partial charge on any atom is -0.489 e. The van der Waals surface area contributed by atoms with Crippen LogP contribution in [0, 0.1) is 6.92 Å². The number of amides is 1. The standard InChI is InChI=1S/C26H29N3O2S/c1-18-24-25(20-12-14-22(15-13-20)31-16-19-8-4-2-5-9-19)32-17-23(30)27-26(24)29(28-18)21-10-6-3-7-11-21/h2,4-5,8-9,12-15,21,25H,3,6-7,10-11,16-17H2,1H3,(H,27,30). The van der Waals surface area contributed by atoms with Crippen LogP contribution in [-0.4, -0.2) is 21.4 Å². The molecule has 6 heteroatoms. The van der Waals surface area contributed by atoms with E-state index < -0.39 is 0 Å². The smallest absolute Gasteiger partial charge is 0.235 e. The molecule has 5 rings (SSSR count). The molecule has 1 fully saturated rings. The number of carbonyl (C=O) groups excluding carboxylic acids is 1. The Labute approximate surface area is 193 Å². The first-order chi connectivity index (χ1) is 15.7. The second kappa shape index (κ2) is 9.41. The van der Waals surface area contributed by atoms with Gasteiger partial charge in [0.05, 0.1) is 22.7 Å². The summed E-state index contributed by atoms with van der Waals surface area (Å²) in [5.41, 5.74) is 4.47. The molecular weight excluding hydrogens is 418 g/mol. The van der Waals surface area contributed by atoms with Gasteiger partial charge >= 0.3 is 0 Å². The number of fused-ring (bicyclic) bond motifs is 1. The van der Waals surface area contributed by atoms with Gasteiger partial charge in [-0.3, -0.25) is 4.79 Å². The van der Waals surface area contributed by atoms with Crippen molar-refractivity contribution in [2.75, 3.05) is 11.1 Å². The molecule has 0 bridgehead atoms. The zero-order valence-corrected chi connectivity index (χ0v) is 19.2. The Bertz CT molecular complexity index is 1070. The number of anilines is 1. The molecule has 1 aliphatic heterocycles. The van der Waals surface area contributed by atoms with E-state index in [2.05, 4.69) is 41.2 Å². The van der Waals surface area contributed by atoms with Crippen molar-refractivity contribution in [3.05, 3.63) is 77.0 Å². The molecule has 2 heterocycles. The van der Waals surface area contributed by atoms with Gasteiger partial charge in [-0.2, -0.15) is 5.10 Å². The van der Waals surface area contributed by atoms with E-state index in [0.717, 1.165) is 41.2 Å². The summed E-state index contributed by atoms with van der Waals surface area (Å²) in [4.78, 5) is 12.5. The predicted octanol–water partition coefficient (Wildman–Crippen LogP) is 6.05. The second-order valence-electron chi connectivity index (χ2n) is 8.67. The fraction of sp³-hybridized carbons (Fsp3) is 0.385. The Morgan fingerprint density at radius 2 is 1.81 bits per heavy atom. The fourth-order valence-electron chi connectivity index (χ4n) is 4.74. The van der Waals surface area contributed by atoms with Gasteiger partial charge in [0.1, 0.15) is 18.2 Å². The molecule has 5 nitrogen and oxygen atoms in total. The highest BCUT2D eigenvalue weighted by molar-refractivity contribution is 8.00. The van der Waals surface area contributed by atoms with Crippen LogP contribution in [0.25, 0.3) is 0 Å². The summed E-state index contributed by atoms with van der Waals surface area (Å²) >= 11 is 1.67. The van der Waals surface area contributed by atoms with Gasteiger partial charge in [-0.15, -0.1) is 11.8 Å². The van der Waals surface area contributed by atoms with Crippen LogP contribution in [0.2, 0.25) is 0 Å². The number of hydrogen-bond donors (Lipinski definition) is 1. The van der Waals surface area contributed by atoms with Crippen LogP contribution in [0.1, 0.15) is 65.8 Å². The van der Waals surface area contributed by atoms with Crippen molar-refractivity contribution < 1.29 is 9.53 Å². The Balaban J connectivity index is 1.40. The lowest BCUT2D eigenvalue weighted by Crippen LogP contribution is -2.20. The van der Waals surface area contributed by atoms with Crippen molar-refractivity contribution in [1.29, 1.82) is 0 Å². The summed E-state index contributed by atoms with van der Waals surface area (Å²) in [5, 5.41) is 8.16. The number of rotatable bonds is 5. The van der Waals surface area contributed by atoms with Crippen molar-refractivity contribution in [2.24, 2.45) is 0 Å². The van der Waals surface area contributed by atoms with E-state index in [1.165, 1.54) is 24.8 Å². The minimum absolute atomic E-state index is 0.0542. The molecule has 32 heavy (non-hydrogen) atoms. The van der Waals surface area contributed by atoms with Crippen LogP contribution in [0.3, 0.4) is 0 Å². The molecule has 1 atom stereocenters. The molecule has 2 aliphatic rings. The van der Waals surface area contributed by atoms with Gasteiger partial charge < -0.3 is 10.1 Å². The van der Waals surface area contributed by atoms with E-state index in [1.807, 2.05) is 30.3 Å². The highest BCUT2D eigenvalue weighted by Gasteiger charge is 2.32. The lowest BCUT2D eigenvalue weighted by molar-refractivity contribution is -0.113. The number of ether oxygens (including phenoxy) is 1. The van der Waals surface area contributed by atoms with Crippen molar-refractivity contribution >= 4 is 23.5 Å². The average molecular weight is 448 g/mol. The molecular formula is C26H29N3O2S. The maximum atomic E-state index is 12.5. The zero-order valence-electron chi connectivity index (χ0n) is 18.4. The molecule has 0 saturated heterocycles. The monoisotopic (exact) mass is 447 g/mol. The van der Waals surface area contributed by atoms with Gasteiger partial charge in [-0.1, -0.05) is 61.7 Å². The van der Waals surface area contributed by atoms with Crippen molar-refractivity contribution in [1.82, 2.24) is 9.78 Å². The van der Waals surface area contributed by atoms with Gasteiger partial charge in [-0.05, 0) is 43.0 Å². The summed E-state index contributed by atoms with van der Waals surface area (Å²) in [5.74, 6) is 2.24. The van der Waals surface area contributed by atoms with Crippen LogP contribution >= 0.6 is 11.8 Å². The lowest BCUT2D eigenvalue weighted by atomic mass is 9.95. The summed E-state index contributed by atoms with van der Waals surface area (Å²) in [7, 11) is 0. The van der Waals surface area contributed by atoms with Crippen LogP contribution in [0.4, 0.5) is 5.82 Å². The molecule has 0 spiro atoms. The minimum atomic E-state index is 0.0542. The Morgan fingerprint density at radius 1 is 1.06 bits per heavy atom. The van der Waals surface area contributed by atoms with Gasteiger partial charge in [0, 0.05) is 5.56 Å². The largest absolute Gasteiger partial charge is 0.489 e. The number of benzene rings is 2. The summed E-state index contributed by atoms with van der Waals surface area (Å²) in [6, 6.07) is 18.9. The molecule has 0 radical (unpaired) electrons. The SMILES string of the molecule is Cc1nn(C2CCCCC2)c2c1C(c1ccc(OCc3ccccc3)cc1)SCC(=O)N2. The number of thioether (sulfide) groups is 1. The van der Waals surface area contributed by atoms with Crippen LogP contribution in [-0.2, 0) is 11.4 Å². The maximum Gasteiger partial charge on any atom is 0.235 e. The van der Waals surface area contributed by atoms with E-state index in [9.17, 15) is 4.79 Å². The molecule has 2 aromatic carbocycles. The molecule has 1 unspecified atom stereocenters. The lowest BCUT2D eigenvalue weighted by Gasteiger charge is -2.24. The van der Waals surface area contributed by atoms with E-state index in [1.54, 1.807) is 11.8 Å². The molecule has 1 aromatic heterocycles. The quantitative estimate of drug-likeness (QED) is 0.517. The molecule has 1 N–H and O–H groups in total. The summed E-state index contributed by atoms with van der Waals surface area (Å²) < 4.78 is 8.07. The Hall–Kier alpha value is -2.73. The fourth-order valence-corrected chi connectivity index (χ4v) is 5.93. The number of nitrogens with zero attached hydrogens (tertiary/aromatic N) is 2. The third-order valence-corrected chi connectivity index (χ3v) is 7.65. The van der Waals surface area contributed by atoms with Gasteiger partial charge in [0.2, 0.25) is 5.91 Å². The third kappa shape index (κ3) is 4.42. The first kappa shape index (κ1) is 21.1. The van der Waals surface area contributed by atoms with Gasteiger partial charge in [0.15, 0.2) is 0 Å². The van der Waals surface area contributed by atoms with Gasteiger partial charge in [0.25, 0.3) is 0 Å². The molecule has 3 aromatic rings. The van der Waals surface area contributed by atoms with Crippen LogP contribution in [0.15, 0.2) is 54.6 Å². The number of carbonyl (C=O) groups is 1. The predicted molar refractivity (Wildman–Crippen MR) is 129 cm³/mol. The normalized spacial score (nSPS) is 19.2. The van der Waals surface area contributed by atoms with E-state index >= 15 is 0 Å². The highest BCUT2D eigenvalue weighted by Crippen LogP contribution is 2.45. The Morgan fingerprint density at radius 3 is 2.56 bits per heavy atom. The number of hydrogen-bond acceptors (Lipinski definition) is 4. The first-order valence-corrected chi connectivity index (χ1v) is 12.5. The second-order valence-corrected chi connectivity index (χ2v) is 9.76. The topological polar surface area (TPSA) is 56.2 Å². The Kier molecular flexibility index (Phi) is 6.21. The zero-order chi connectivity index (χ0) is 21.9. The maximum absolute atomic E-state index is 12.5. The first-order valence-electron chi connectivity index (χ1n) is 11.5. The number of aromatic nitrogens is 2. The van der Waals surface area contributed by atoms with Crippen LogP contribution in [0.5, 0.6) is 5.75 Å². The number of nitrogens with one attached hydrogen (secondary N) is 1. The molecule has 1 saturated carbocycles. The third-order valence-electron chi connectivity index (χ3n) is 6.38. The van der Waals surface area contributed by atoms with Crippen LogP contribution < -0.4 is 10.1 Å². The van der Waals surface area contributed by atoms with E-state index in [0.29, 0.717) is 18.4 Å². The van der Waals surface area contributed by atoms with E-state index in [4.69, 9.17) is 9.84 Å². The molecule has 1 amide bonds. The van der Waals surface area contributed by atoms with Gasteiger partial charge in [-0.25, -0.2) is 4.68 Å². The summed E-state index contributed by atoms with van der Waals surface area (Å²) in [6.45, 7) is 2.62. The van der Waals surface area contributed by atoms with E-state index in [-0.39, 0.29) is 11.2 Å². The average Bonchev–Trinajstić information content (AvgIpc) is 3.04. The van der Waals surface area contributed by atoms with Crippen molar-refractivity contribution in [3.63, 3.8) is 0 Å². The van der Waals surface area contributed by atoms with Crippen molar-refractivity contribution in [2.45, 2.75) is 56.9 Å².